The molecule has 4 aromatic rings. The first kappa shape index (κ1) is 17.3. The number of carbonyl (C=O) groups excluding carboxylic acids is 2. The molecule has 0 aliphatic heterocycles. The largest absolute Gasteiger partial charge is 0.448 e. The van der Waals surface area contributed by atoms with Gasteiger partial charge < -0.3 is 4.42 Å². The molecule has 2 N–H and O–H groups in total. The van der Waals surface area contributed by atoms with Crippen molar-refractivity contribution in [3.63, 3.8) is 0 Å². The molecule has 0 spiro atoms. The Morgan fingerprint density at radius 2 is 1.78 bits per heavy atom. The zero-order chi connectivity index (χ0) is 18.8. The van der Waals surface area contributed by atoms with Crippen LogP contribution in [0.15, 0.2) is 65.1 Å². The number of hydrogen-bond acceptors (Lipinski definition) is 5. The number of halogens is 1. The second-order valence-corrected chi connectivity index (χ2v) is 7.04. The Labute approximate surface area is 162 Å². The molecular weight excluding hydrogens is 386 g/mol. The lowest BCUT2D eigenvalue weighted by molar-refractivity contribution is 0.0831. The molecule has 27 heavy (non-hydrogen) atoms. The number of fused-ring (bicyclic) bond motifs is 1. The Hall–Kier alpha value is -3.16. The highest BCUT2D eigenvalue weighted by atomic mass is 35.5. The van der Waals surface area contributed by atoms with Crippen LogP contribution < -0.4 is 10.9 Å². The van der Waals surface area contributed by atoms with E-state index in [1.54, 1.807) is 24.3 Å². The van der Waals surface area contributed by atoms with Crippen LogP contribution in [0.1, 0.15) is 20.9 Å². The van der Waals surface area contributed by atoms with Crippen molar-refractivity contribution < 1.29 is 14.0 Å². The van der Waals surface area contributed by atoms with E-state index in [2.05, 4.69) is 15.8 Å². The zero-order valence-corrected chi connectivity index (χ0v) is 15.3. The van der Waals surface area contributed by atoms with Crippen molar-refractivity contribution in [3.8, 4) is 10.8 Å². The van der Waals surface area contributed by atoms with Crippen molar-refractivity contribution in [3.05, 3.63) is 77.0 Å². The van der Waals surface area contributed by atoms with Crippen LogP contribution in [0.5, 0.6) is 0 Å². The van der Waals surface area contributed by atoms with Gasteiger partial charge in [0.1, 0.15) is 0 Å². The summed E-state index contributed by atoms with van der Waals surface area (Å²) in [5.41, 5.74) is 5.84. The average molecular weight is 398 g/mol. The zero-order valence-electron chi connectivity index (χ0n) is 13.7. The van der Waals surface area contributed by atoms with Gasteiger partial charge in [0, 0.05) is 10.6 Å². The fraction of sp³-hybridized carbons (Fsp3) is 0. The highest BCUT2D eigenvalue weighted by Crippen LogP contribution is 2.31. The quantitative estimate of drug-likeness (QED) is 0.505. The average Bonchev–Trinajstić information content (AvgIpc) is 3.32. The third-order valence-electron chi connectivity index (χ3n) is 3.71. The van der Waals surface area contributed by atoms with E-state index >= 15 is 0 Å². The smallest absolute Gasteiger partial charge is 0.305 e. The predicted molar refractivity (Wildman–Crippen MR) is 104 cm³/mol. The summed E-state index contributed by atoms with van der Waals surface area (Å²) >= 11 is 7.32. The van der Waals surface area contributed by atoms with Crippen LogP contribution >= 0.6 is 22.9 Å². The second kappa shape index (κ2) is 7.22. The molecule has 2 heterocycles. The van der Waals surface area contributed by atoms with E-state index in [1.807, 2.05) is 24.3 Å². The molecule has 2 amide bonds. The van der Waals surface area contributed by atoms with E-state index in [-0.39, 0.29) is 5.76 Å². The van der Waals surface area contributed by atoms with Gasteiger partial charge in [-0.3, -0.25) is 20.4 Å². The molecule has 0 saturated carbocycles. The molecule has 0 atom stereocenters. The van der Waals surface area contributed by atoms with Crippen molar-refractivity contribution in [1.29, 1.82) is 0 Å². The van der Waals surface area contributed by atoms with Gasteiger partial charge in [0.25, 0.3) is 5.91 Å². The molecule has 2 aromatic carbocycles. The Kier molecular flexibility index (Phi) is 4.62. The summed E-state index contributed by atoms with van der Waals surface area (Å²) in [5, 5.41) is 1.11. The van der Waals surface area contributed by atoms with E-state index < -0.39 is 11.8 Å². The van der Waals surface area contributed by atoms with Crippen molar-refractivity contribution >= 4 is 45.0 Å². The molecule has 4 rings (SSSR count). The number of para-hydroxylation sites is 1. The standard InChI is InChI=1S/C19H12ClN3O3S/c20-12-5-3-4-11(10-12)17(24)22-23-18(25)14-8-9-15(26-14)19-21-13-6-1-2-7-16(13)27-19/h1-10H,(H,22,24)(H,23,25). The van der Waals surface area contributed by atoms with Gasteiger partial charge in [-0.25, -0.2) is 4.98 Å². The molecule has 134 valence electrons. The second-order valence-electron chi connectivity index (χ2n) is 5.57. The lowest BCUT2D eigenvalue weighted by Gasteiger charge is -2.06. The van der Waals surface area contributed by atoms with Gasteiger partial charge in [0.2, 0.25) is 0 Å². The minimum atomic E-state index is -0.572. The lowest BCUT2D eigenvalue weighted by Crippen LogP contribution is -2.41. The van der Waals surface area contributed by atoms with Crippen LogP contribution in [-0.4, -0.2) is 16.8 Å². The van der Waals surface area contributed by atoms with Gasteiger partial charge >= 0.3 is 5.91 Å². The summed E-state index contributed by atoms with van der Waals surface area (Å²) in [6.07, 6.45) is 0. The molecule has 6 nitrogen and oxygen atoms in total. The molecule has 0 saturated heterocycles. The predicted octanol–water partition coefficient (Wildman–Crippen LogP) is 4.28. The highest BCUT2D eigenvalue weighted by molar-refractivity contribution is 7.21. The summed E-state index contributed by atoms with van der Waals surface area (Å²) in [7, 11) is 0. The third-order valence-corrected chi connectivity index (χ3v) is 5.00. The molecule has 8 heteroatoms. The van der Waals surface area contributed by atoms with Crippen molar-refractivity contribution in [2.24, 2.45) is 0 Å². The summed E-state index contributed by atoms with van der Waals surface area (Å²) in [4.78, 5) is 28.7. The van der Waals surface area contributed by atoms with Gasteiger partial charge in [-0.1, -0.05) is 29.8 Å². The maximum Gasteiger partial charge on any atom is 0.305 e. The normalized spacial score (nSPS) is 10.7. The van der Waals surface area contributed by atoms with E-state index in [4.69, 9.17) is 16.0 Å². The summed E-state index contributed by atoms with van der Waals surface area (Å²) in [6, 6.07) is 17.3. The van der Waals surface area contributed by atoms with Crippen LogP contribution in [0.3, 0.4) is 0 Å². The van der Waals surface area contributed by atoms with Crippen molar-refractivity contribution in [1.82, 2.24) is 15.8 Å². The monoisotopic (exact) mass is 397 g/mol. The van der Waals surface area contributed by atoms with E-state index in [9.17, 15) is 9.59 Å². The molecule has 2 aromatic heterocycles. The number of furan rings is 1. The van der Waals surface area contributed by atoms with Gasteiger partial charge in [0.15, 0.2) is 16.5 Å². The number of benzene rings is 2. The Morgan fingerprint density at radius 1 is 0.963 bits per heavy atom. The minimum absolute atomic E-state index is 0.0654. The number of thiazole rings is 1. The SMILES string of the molecule is O=C(NNC(=O)c1ccc(-c2nc3ccccc3s2)o1)c1cccc(Cl)c1. The Bertz CT molecular complexity index is 1120. The van der Waals surface area contributed by atoms with E-state index in [0.717, 1.165) is 10.2 Å². The molecule has 0 fully saturated rings. The van der Waals surface area contributed by atoms with E-state index in [1.165, 1.54) is 23.5 Å². The number of nitrogens with one attached hydrogen (secondary N) is 2. The summed E-state index contributed by atoms with van der Waals surface area (Å²) < 4.78 is 6.61. The number of aromatic nitrogens is 1. The fourth-order valence-corrected chi connectivity index (χ4v) is 3.55. The maximum atomic E-state index is 12.2. The minimum Gasteiger partial charge on any atom is -0.448 e. The van der Waals surface area contributed by atoms with Crippen LogP contribution in [0, 0.1) is 0 Å². The van der Waals surface area contributed by atoms with Gasteiger partial charge in [-0.2, -0.15) is 0 Å². The Morgan fingerprint density at radius 3 is 2.59 bits per heavy atom. The van der Waals surface area contributed by atoms with Crippen LogP contribution in [0.4, 0.5) is 0 Å². The number of nitrogens with zero attached hydrogens (tertiary/aromatic N) is 1. The maximum absolute atomic E-state index is 12.2. The van der Waals surface area contributed by atoms with Crippen LogP contribution in [0.25, 0.3) is 21.0 Å². The lowest BCUT2D eigenvalue weighted by atomic mass is 10.2. The molecule has 0 aliphatic carbocycles. The fourth-order valence-electron chi connectivity index (χ4n) is 2.43. The number of hydrogen-bond donors (Lipinski definition) is 2. The van der Waals surface area contributed by atoms with Crippen LogP contribution in [0.2, 0.25) is 5.02 Å². The first-order chi connectivity index (χ1) is 13.1. The number of hydrazine groups is 1. The molecular formula is C19H12ClN3O3S. The third kappa shape index (κ3) is 3.69. The van der Waals surface area contributed by atoms with Crippen LogP contribution in [-0.2, 0) is 0 Å². The first-order valence-corrected chi connectivity index (χ1v) is 9.11. The van der Waals surface area contributed by atoms with Gasteiger partial charge in [-0.15, -0.1) is 11.3 Å². The first-order valence-electron chi connectivity index (χ1n) is 7.92. The topological polar surface area (TPSA) is 84.2 Å². The molecule has 0 aliphatic rings. The number of carbonyl (C=O) groups is 2. The molecule has 0 unspecified atom stereocenters. The summed E-state index contributed by atoms with van der Waals surface area (Å²) in [6.45, 7) is 0. The number of amides is 2. The Balaban J connectivity index is 1.45. The van der Waals surface area contributed by atoms with Gasteiger partial charge in [-0.05, 0) is 42.5 Å². The van der Waals surface area contributed by atoms with Crippen molar-refractivity contribution in [2.75, 3.05) is 0 Å². The summed E-state index contributed by atoms with van der Waals surface area (Å²) in [5.74, 6) is -0.500. The van der Waals surface area contributed by atoms with Crippen molar-refractivity contribution in [2.45, 2.75) is 0 Å². The number of rotatable bonds is 3. The highest BCUT2D eigenvalue weighted by Gasteiger charge is 2.16. The molecule has 0 radical (unpaired) electrons. The van der Waals surface area contributed by atoms with Gasteiger partial charge in [0.05, 0.1) is 10.2 Å². The van der Waals surface area contributed by atoms with E-state index in [0.29, 0.717) is 21.4 Å². The molecule has 0 bridgehead atoms.